The number of para-hydroxylation sites is 1. The van der Waals surface area contributed by atoms with Gasteiger partial charge < -0.3 is 14.6 Å². The highest BCUT2D eigenvalue weighted by molar-refractivity contribution is 7.89. The number of fused-ring (bicyclic) bond motifs is 1. The van der Waals surface area contributed by atoms with Crippen LogP contribution in [0.3, 0.4) is 0 Å². The number of likely N-dealkylation sites (N-methyl/N-ethyl adjacent to an activating group) is 1. The van der Waals surface area contributed by atoms with E-state index in [4.69, 9.17) is 4.74 Å². The fraction of sp³-hybridized carbons (Fsp3) is 0.286. The molecule has 2 aromatic heterocycles. The number of pyridine rings is 1. The van der Waals surface area contributed by atoms with Crippen molar-refractivity contribution in [3.63, 3.8) is 0 Å². The number of thiophene rings is 1. The summed E-state index contributed by atoms with van der Waals surface area (Å²) in [5, 5.41) is 2.49. The zero-order valence-electron chi connectivity index (χ0n) is 21.3. The highest BCUT2D eigenvalue weighted by atomic mass is 32.2. The summed E-state index contributed by atoms with van der Waals surface area (Å²) in [5.41, 5.74) is 0.688. The topological polar surface area (TPSA) is 109 Å². The maximum absolute atomic E-state index is 13.8. The minimum atomic E-state index is -4.14. The molecule has 4 aromatic rings. The van der Waals surface area contributed by atoms with Gasteiger partial charge in [-0.05, 0) is 53.6 Å². The molecule has 0 aliphatic heterocycles. The van der Waals surface area contributed by atoms with E-state index in [1.165, 1.54) is 40.5 Å². The van der Waals surface area contributed by atoms with Gasteiger partial charge in [0.25, 0.3) is 0 Å². The molecular weight excluding hydrogens is 522 g/mol. The smallest absolute Gasteiger partial charge is 0.248 e. The van der Waals surface area contributed by atoms with E-state index in [2.05, 4.69) is 16.6 Å². The number of ether oxygens (including phenoxy) is 1. The first-order chi connectivity index (χ1) is 18.3. The van der Waals surface area contributed by atoms with Gasteiger partial charge in [-0.2, -0.15) is 4.72 Å². The third kappa shape index (κ3) is 6.69. The number of sulfonamides is 1. The molecule has 2 heterocycles. The Morgan fingerprint density at radius 2 is 1.89 bits per heavy atom. The standard InChI is InChI=1S/C28H31N3O5S2/c1-3-4-7-16-36-25-11-6-5-10-23(25)27(28(33)31(2)19-21-9-8-17-37-21)30-38(34,35)22-13-14-24-20(18-22)12-15-26(32)29-24/h5-6,8-15,17-18,27,30H,3-4,7,16,19H2,1-2H3,(H,29,32)/t27-/m1/s1. The van der Waals surface area contributed by atoms with Crippen molar-refractivity contribution >= 4 is 38.2 Å². The van der Waals surface area contributed by atoms with E-state index < -0.39 is 22.0 Å². The Hall–Kier alpha value is -3.47. The van der Waals surface area contributed by atoms with Gasteiger partial charge in [-0.15, -0.1) is 11.3 Å². The Kier molecular flexibility index (Phi) is 8.98. The van der Waals surface area contributed by atoms with Crippen molar-refractivity contribution in [3.8, 4) is 5.75 Å². The van der Waals surface area contributed by atoms with Crippen molar-refractivity contribution in [3.05, 3.63) is 92.9 Å². The van der Waals surface area contributed by atoms with Gasteiger partial charge in [0.1, 0.15) is 11.8 Å². The molecular formula is C28H31N3O5S2. The van der Waals surface area contributed by atoms with Crippen LogP contribution in [0.15, 0.2) is 81.8 Å². The molecule has 2 N–H and O–H groups in total. The summed E-state index contributed by atoms with van der Waals surface area (Å²) >= 11 is 1.52. The molecule has 0 bridgehead atoms. The lowest BCUT2D eigenvalue weighted by Gasteiger charge is -2.26. The Balaban J connectivity index is 1.69. The number of benzene rings is 2. The second-order valence-corrected chi connectivity index (χ2v) is 11.7. The van der Waals surface area contributed by atoms with Crippen LogP contribution in [-0.4, -0.2) is 37.9 Å². The fourth-order valence-electron chi connectivity index (χ4n) is 4.09. The van der Waals surface area contributed by atoms with E-state index in [1.54, 1.807) is 37.4 Å². The number of rotatable bonds is 12. The zero-order valence-corrected chi connectivity index (χ0v) is 23.0. The average molecular weight is 554 g/mol. The molecule has 200 valence electrons. The molecule has 10 heteroatoms. The molecule has 0 spiro atoms. The number of carbonyl (C=O) groups excluding carboxylic acids is 1. The van der Waals surface area contributed by atoms with Crippen LogP contribution in [0.2, 0.25) is 0 Å². The van der Waals surface area contributed by atoms with Gasteiger partial charge in [-0.25, -0.2) is 8.42 Å². The van der Waals surface area contributed by atoms with Crippen LogP contribution in [0.1, 0.15) is 42.7 Å². The molecule has 2 aromatic carbocycles. The molecule has 38 heavy (non-hydrogen) atoms. The summed E-state index contributed by atoms with van der Waals surface area (Å²) in [6, 6.07) is 17.0. The van der Waals surface area contributed by atoms with E-state index in [1.807, 2.05) is 17.5 Å². The molecule has 8 nitrogen and oxygen atoms in total. The third-order valence-corrected chi connectivity index (χ3v) is 8.39. The number of aromatic amines is 1. The number of nitrogens with zero attached hydrogens (tertiary/aromatic N) is 1. The third-order valence-electron chi connectivity index (χ3n) is 6.11. The number of amides is 1. The Morgan fingerprint density at radius 1 is 1.08 bits per heavy atom. The van der Waals surface area contributed by atoms with Crippen molar-refractivity contribution in [2.45, 2.75) is 43.7 Å². The van der Waals surface area contributed by atoms with Gasteiger partial charge in [-0.3, -0.25) is 9.59 Å². The van der Waals surface area contributed by atoms with E-state index in [9.17, 15) is 18.0 Å². The lowest BCUT2D eigenvalue weighted by molar-refractivity contribution is -0.132. The summed E-state index contributed by atoms with van der Waals surface area (Å²) in [4.78, 5) is 30.5. The van der Waals surface area contributed by atoms with Crippen LogP contribution < -0.4 is 15.0 Å². The summed E-state index contributed by atoms with van der Waals surface area (Å²) < 4.78 is 35.8. The van der Waals surface area contributed by atoms with Crippen LogP contribution in [0, 0.1) is 0 Å². The predicted octanol–water partition coefficient (Wildman–Crippen LogP) is 4.84. The summed E-state index contributed by atoms with van der Waals surface area (Å²) in [6.45, 7) is 2.91. The monoisotopic (exact) mass is 553 g/mol. The lowest BCUT2D eigenvalue weighted by atomic mass is 10.1. The molecule has 1 amide bonds. The lowest BCUT2D eigenvalue weighted by Crippen LogP contribution is -2.41. The van der Waals surface area contributed by atoms with E-state index >= 15 is 0 Å². The second kappa shape index (κ2) is 12.4. The maximum atomic E-state index is 13.8. The van der Waals surface area contributed by atoms with Gasteiger partial charge in [-0.1, -0.05) is 44.0 Å². The van der Waals surface area contributed by atoms with Crippen molar-refractivity contribution in [1.82, 2.24) is 14.6 Å². The largest absolute Gasteiger partial charge is 0.493 e. The molecule has 0 saturated carbocycles. The number of aromatic nitrogens is 1. The first-order valence-electron chi connectivity index (χ1n) is 12.4. The Labute approximate surface area is 226 Å². The number of nitrogens with one attached hydrogen (secondary N) is 2. The van der Waals surface area contributed by atoms with Gasteiger partial charge >= 0.3 is 0 Å². The van der Waals surface area contributed by atoms with E-state index in [0.29, 0.717) is 35.4 Å². The summed E-state index contributed by atoms with van der Waals surface area (Å²) in [5.74, 6) is 0.0574. The molecule has 1 atom stereocenters. The Morgan fingerprint density at radius 3 is 2.66 bits per heavy atom. The van der Waals surface area contributed by atoms with Gasteiger partial charge in [0.05, 0.1) is 18.0 Å². The molecule has 0 radical (unpaired) electrons. The number of hydrogen-bond donors (Lipinski definition) is 2. The quantitative estimate of drug-likeness (QED) is 0.244. The van der Waals surface area contributed by atoms with Gasteiger partial charge in [0.15, 0.2) is 0 Å². The number of unbranched alkanes of at least 4 members (excludes halogenated alkanes) is 2. The SMILES string of the molecule is CCCCCOc1ccccc1[C@@H](NS(=O)(=O)c1ccc2[nH]c(=O)ccc2c1)C(=O)N(C)Cc1cccs1. The summed E-state index contributed by atoms with van der Waals surface area (Å²) in [6.07, 6.45) is 2.90. The van der Waals surface area contributed by atoms with Gasteiger partial charge in [0.2, 0.25) is 21.5 Å². The molecule has 0 aliphatic carbocycles. The molecule has 4 rings (SSSR count). The van der Waals surface area contributed by atoms with Crippen LogP contribution in [0.4, 0.5) is 0 Å². The fourth-order valence-corrected chi connectivity index (χ4v) is 6.05. The Bertz CT molecular complexity index is 1550. The normalized spacial score (nSPS) is 12.4. The minimum Gasteiger partial charge on any atom is -0.493 e. The first-order valence-corrected chi connectivity index (χ1v) is 14.8. The highest BCUT2D eigenvalue weighted by Gasteiger charge is 2.32. The number of H-pyrrole nitrogens is 1. The van der Waals surface area contributed by atoms with E-state index in [-0.39, 0.29) is 10.5 Å². The molecule has 0 saturated heterocycles. The van der Waals surface area contributed by atoms with E-state index in [0.717, 1.165) is 24.1 Å². The molecule has 0 fully saturated rings. The minimum absolute atomic E-state index is 0.0166. The van der Waals surface area contributed by atoms with Crippen molar-refractivity contribution in [2.75, 3.05) is 13.7 Å². The highest BCUT2D eigenvalue weighted by Crippen LogP contribution is 2.29. The van der Waals surface area contributed by atoms with Crippen LogP contribution in [-0.2, 0) is 21.4 Å². The molecule has 0 aliphatic rings. The zero-order chi connectivity index (χ0) is 27.1. The first kappa shape index (κ1) is 27.6. The predicted molar refractivity (Wildman–Crippen MR) is 150 cm³/mol. The maximum Gasteiger partial charge on any atom is 0.248 e. The number of hydrogen-bond acceptors (Lipinski definition) is 6. The van der Waals surface area contributed by atoms with Crippen molar-refractivity contribution in [1.29, 1.82) is 0 Å². The van der Waals surface area contributed by atoms with Crippen molar-refractivity contribution in [2.24, 2.45) is 0 Å². The van der Waals surface area contributed by atoms with Crippen LogP contribution in [0.25, 0.3) is 10.9 Å². The van der Waals surface area contributed by atoms with Crippen LogP contribution >= 0.6 is 11.3 Å². The van der Waals surface area contributed by atoms with Crippen molar-refractivity contribution < 1.29 is 17.9 Å². The molecule has 0 unspecified atom stereocenters. The van der Waals surface area contributed by atoms with Crippen LogP contribution in [0.5, 0.6) is 5.75 Å². The number of carbonyl (C=O) groups is 1. The summed E-state index contributed by atoms with van der Waals surface area (Å²) in [7, 11) is -2.48. The second-order valence-electron chi connectivity index (χ2n) is 8.99. The average Bonchev–Trinajstić information content (AvgIpc) is 3.42. The van der Waals surface area contributed by atoms with Gasteiger partial charge in [0, 0.05) is 29.1 Å².